The number of carbonyl (C=O) groups is 2. The second kappa shape index (κ2) is 8.20. The monoisotopic (exact) mass is 368 g/mol. The second-order valence-corrected chi connectivity index (χ2v) is 7.08. The fourth-order valence-electron chi connectivity index (χ4n) is 3.38. The Morgan fingerprint density at radius 2 is 1.96 bits per heavy atom. The molecular weight excluding hydrogens is 344 g/mol. The zero-order valence-corrected chi connectivity index (χ0v) is 15.9. The van der Waals surface area contributed by atoms with Crippen molar-refractivity contribution in [3.8, 4) is 0 Å². The summed E-state index contributed by atoms with van der Waals surface area (Å²) in [6, 6.07) is 1.77. The number of aryl methyl sites for hydroxylation is 1. The topological polar surface area (TPSA) is 92.2 Å². The fourth-order valence-corrected chi connectivity index (χ4v) is 3.38. The van der Waals surface area contributed by atoms with Gasteiger partial charge < -0.3 is 9.80 Å². The lowest BCUT2D eigenvalue weighted by molar-refractivity contribution is 0.0671. The number of amides is 2. The molecule has 0 spiro atoms. The van der Waals surface area contributed by atoms with Gasteiger partial charge in [0.25, 0.3) is 11.8 Å². The number of nitrogens with zero attached hydrogens (tertiary/aromatic N) is 6. The summed E-state index contributed by atoms with van der Waals surface area (Å²) in [5.41, 5.74) is 1.76. The zero-order valence-electron chi connectivity index (χ0n) is 15.9. The molecule has 3 rings (SSSR count). The van der Waals surface area contributed by atoms with E-state index in [2.05, 4.69) is 19.9 Å². The van der Waals surface area contributed by atoms with Crippen LogP contribution in [0.15, 0.2) is 24.8 Å². The van der Waals surface area contributed by atoms with Crippen molar-refractivity contribution in [2.75, 3.05) is 27.2 Å². The molecule has 0 bridgehead atoms. The van der Waals surface area contributed by atoms with E-state index in [4.69, 9.17) is 0 Å². The van der Waals surface area contributed by atoms with Crippen LogP contribution in [-0.4, -0.2) is 68.7 Å². The largest absolute Gasteiger partial charge is 0.343 e. The Morgan fingerprint density at radius 3 is 2.67 bits per heavy atom. The van der Waals surface area contributed by atoms with Gasteiger partial charge in [0.15, 0.2) is 0 Å². The first-order valence-electron chi connectivity index (χ1n) is 9.04. The van der Waals surface area contributed by atoms with Crippen molar-refractivity contribution < 1.29 is 9.59 Å². The van der Waals surface area contributed by atoms with Gasteiger partial charge in [-0.25, -0.2) is 19.9 Å². The number of rotatable bonds is 4. The van der Waals surface area contributed by atoms with Crippen LogP contribution < -0.4 is 0 Å². The molecule has 2 amide bonds. The van der Waals surface area contributed by atoms with Gasteiger partial charge in [0.1, 0.15) is 17.8 Å². The third-order valence-corrected chi connectivity index (χ3v) is 4.63. The van der Waals surface area contributed by atoms with Crippen molar-refractivity contribution in [3.63, 3.8) is 0 Å². The van der Waals surface area contributed by atoms with Crippen LogP contribution in [0.1, 0.15) is 45.2 Å². The van der Waals surface area contributed by atoms with Gasteiger partial charge in [0.2, 0.25) is 0 Å². The summed E-state index contributed by atoms with van der Waals surface area (Å²) in [6.07, 6.45) is 7.19. The summed E-state index contributed by atoms with van der Waals surface area (Å²) < 4.78 is 0. The lowest BCUT2D eigenvalue weighted by atomic mass is 9.92. The molecule has 0 aromatic carbocycles. The molecule has 27 heavy (non-hydrogen) atoms. The normalized spacial score (nSPS) is 16.9. The van der Waals surface area contributed by atoms with Gasteiger partial charge in [-0.05, 0) is 38.2 Å². The predicted octanol–water partition coefficient (Wildman–Crippen LogP) is 1.37. The van der Waals surface area contributed by atoms with E-state index in [1.54, 1.807) is 39.5 Å². The standard InChI is InChI=1S/C19H24N6O2/c1-13-22-16(8-17(23-13)19(27)24(2)3)7-14-5-4-6-25(11-14)18(26)15-9-20-12-21-10-15/h8-10,12,14H,4-7,11H2,1-3H3/t14-/m0/s1. The molecule has 1 aliphatic rings. The molecule has 0 N–H and O–H groups in total. The molecule has 0 radical (unpaired) electrons. The number of carbonyl (C=O) groups excluding carboxylic acids is 2. The average Bonchev–Trinajstić information content (AvgIpc) is 2.67. The average molecular weight is 368 g/mol. The van der Waals surface area contributed by atoms with E-state index in [1.807, 2.05) is 4.90 Å². The maximum atomic E-state index is 12.6. The van der Waals surface area contributed by atoms with Crippen LogP contribution in [0, 0.1) is 12.8 Å². The highest BCUT2D eigenvalue weighted by Crippen LogP contribution is 2.22. The number of hydrogen-bond donors (Lipinski definition) is 0. The summed E-state index contributed by atoms with van der Waals surface area (Å²) >= 11 is 0. The lowest BCUT2D eigenvalue weighted by Gasteiger charge is -2.32. The summed E-state index contributed by atoms with van der Waals surface area (Å²) in [4.78, 5) is 44.8. The van der Waals surface area contributed by atoms with Crippen LogP contribution in [-0.2, 0) is 6.42 Å². The highest BCUT2D eigenvalue weighted by atomic mass is 16.2. The Bertz CT molecular complexity index is 824. The first-order valence-corrected chi connectivity index (χ1v) is 9.04. The van der Waals surface area contributed by atoms with Crippen LogP contribution in [0.25, 0.3) is 0 Å². The smallest absolute Gasteiger partial charge is 0.272 e. The summed E-state index contributed by atoms with van der Waals surface area (Å²) in [6.45, 7) is 3.19. The van der Waals surface area contributed by atoms with E-state index in [-0.39, 0.29) is 11.8 Å². The van der Waals surface area contributed by atoms with Crippen molar-refractivity contribution >= 4 is 11.8 Å². The number of piperidine rings is 1. The van der Waals surface area contributed by atoms with E-state index in [0.717, 1.165) is 25.1 Å². The maximum absolute atomic E-state index is 12.6. The number of hydrogen-bond acceptors (Lipinski definition) is 6. The molecule has 1 atom stereocenters. The zero-order chi connectivity index (χ0) is 19.4. The summed E-state index contributed by atoms with van der Waals surface area (Å²) in [5.74, 6) is 0.709. The van der Waals surface area contributed by atoms with Gasteiger partial charge in [0, 0.05) is 45.3 Å². The Hall–Kier alpha value is -2.90. The molecule has 142 valence electrons. The van der Waals surface area contributed by atoms with E-state index < -0.39 is 0 Å². The van der Waals surface area contributed by atoms with Crippen LogP contribution >= 0.6 is 0 Å². The minimum atomic E-state index is -0.133. The molecule has 0 aliphatic carbocycles. The Labute approximate surface area is 158 Å². The molecule has 0 saturated carbocycles. The minimum Gasteiger partial charge on any atom is -0.343 e. The fraction of sp³-hybridized carbons (Fsp3) is 0.474. The third kappa shape index (κ3) is 4.64. The molecule has 1 saturated heterocycles. The van der Waals surface area contributed by atoms with E-state index in [9.17, 15) is 9.59 Å². The molecule has 8 heteroatoms. The van der Waals surface area contributed by atoms with Crippen molar-refractivity contribution in [1.82, 2.24) is 29.7 Å². The maximum Gasteiger partial charge on any atom is 0.272 e. The van der Waals surface area contributed by atoms with Crippen molar-refractivity contribution in [2.45, 2.75) is 26.2 Å². The molecular formula is C19H24N6O2. The van der Waals surface area contributed by atoms with E-state index in [0.29, 0.717) is 36.0 Å². The first-order chi connectivity index (χ1) is 12.9. The van der Waals surface area contributed by atoms with Gasteiger partial charge in [-0.1, -0.05) is 0 Å². The molecule has 2 aromatic rings. The van der Waals surface area contributed by atoms with Crippen molar-refractivity contribution in [2.24, 2.45) is 5.92 Å². The van der Waals surface area contributed by atoms with Crippen molar-refractivity contribution in [3.05, 3.63) is 47.6 Å². The molecule has 3 heterocycles. The van der Waals surface area contributed by atoms with Gasteiger partial charge in [-0.3, -0.25) is 9.59 Å². The number of aromatic nitrogens is 4. The predicted molar refractivity (Wildman–Crippen MR) is 99.2 cm³/mol. The van der Waals surface area contributed by atoms with Crippen LogP contribution in [0.5, 0.6) is 0 Å². The van der Waals surface area contributed by atoms with Crippen LogP contribution in [0.3, 0.4) is 0 Å². The Balaban J connectivity index is 1.71. The molecule has 2 aromatic heterocycles. The van der Waals surface area contributed by atoms with Gasteiger partial charge in [-0.15, -0.1) is 0 Å². The lowest BCUT2D eigenvalue weighted by Crippen LogP contribution is -2.40. The third-order valence-electron chi connectivity index (χ3n) is 4.63. The molecule has 0 unspecified atom stereocenters. The van der Waals surface area contributed by atoms with E-state index >= 15 is 0 Å². The minimum absolute atomic E-state index is 0.0392. The summed E-state index contributed by atoms with van der Waals surface area (Å²) in [7, 11) is 3.41. The molecule has 1 aliphatic heterocycles. The summed E-state index contributed by atoms with van der Waals surface area (Å²) in [5, 5.41) is 0. The SMILES string of the molecule is Cc1nc(C[C@@H]2CCCN(C(=O)c3cncnc3)C2)cc(C(=O)N(C)C)n1. The highest BCUT2D eigenvalue weighted by molar-refractivity contribution is 5.93. The Kier molecular flexibility index (Phi) is 5.73. The van der Waals surface area contributed by atoms with E-state index in [1.165, 1.54) is 11.2 Å². The van der Waals surface area contributed by atoms with Gasteiger partial charge in [0.05, 0.1) is 5.56 Å². The number of likely N-dealkylation sites (tertiary alicyclic amines) is 1. The first kappa shape index (κ1) is 18.9. The molecule has 1 fully saturated rings. The van der Waals surface area contributed by atoms with Gasteiger partial charge >= 0.3 is 0 Å². The molecule has 8 nitrogen and oxygen atoms in total. The second-order valence-electron chi connectivity index (χ2n) is 7.08. The van der Waals surface area contributed by atoms with Crippen LogP contribution in [0.2, 0.25) is 0 Å². The quantitative estimate of drug-likeness (QED) is 0.809. The van der Waals surface area contributed by atoms with Gasteiger partial charge in [-0.2, -0.15) is 0 Å². The Morgan fingerprint density at radius 1 is 1.22 bits per heavy atom. The van der Waals surface area contributed by atoms with Crippen molar-refractivity contribution in [1.29, 1.82) is 0 Å². The van der Waals surface area contributed by atoms with Crippen LogP contribution in [0.4, 0.5) is 0 Å². The highest BCUT2D eigenvalue weighted by Gasteiger charge is 2.25.